The molecule has 0 saturated heterocycles. The Morgan fingerprint density at radius 2 is 1.17 bits per heavy atom. The SMILES string of the molecule is C1CCC2(CC1)C1CCC2CC1. The van der Waals surface area contributed by atoms with Crippen LogP contribution >= 0.6 is 0 Å². The predicted molar refractivity (Wildman–Crippen MR) is 51.0 cm³/mol. The summed E-state index contributed by atoms with van der Waals surface area (Å²) in [5, 5.41) is 0. The van der Waals surface area contributed by atoms with E-state index in [0.717, 1.165) is 5.41 Å². The van der Waals surface area contributed by atoms with E-state index in [1.54, 1.807) is 51.4 Å². The van der Waals surface area contributed by atoms with Crippen LogP contribution in [0.1, 0.15) is 57.8 Å². The summed E-state index contributed by atoms with van der Waals surface area (Å²) in [7, 11) is 0. The molecule has 0 heteroatoms. The van der Waals surface area contributed by atoms with Crippen LogP contribution in [0.5, 0.6) is 0 Å². The lowest BCUT2D eigenvalue weighted by atomic mass is 9.67. The first-order chi connectivity index (χ1) is 5.92. The average Bonchev–Trinajstić information content (AvgIpc) is 2.63. The molecule has 0 nitrogen and oxygen atoms in total. The van der Waals surface area contributed by atoms with Crippen molar-refractivity contribution >= 4 is 0 Å². The molecule has 0 amide bonds. The van der Waals surface area contributed by atoms with Gasteiger partial charge >= 0.3 is 0 Å². The fraction of sp³-hybridized carbons (Fsp3) is 1.00. The van der Waals surface area contributed by atoms with Crippen molar-refractivity contribution in [3.05, 3.63) is 0 Å². The van der Waals surface area contributed by atoms with Crippen LogP contribution in [0, 0.1) is 17.3 Å². The van der Waals surface area contributed by atoms with Gasteiger partial charge in [0.25, 0.3) is 0 Å². The summed E-state index contributed by atoms with van der Waals surface area (Å²) in [6.45, 7) is 0. The molecule has 3 aliphatic rings. The molecule has 0 radical (unpaired) electrons. The van der Waals surface area contributed by atoms with E-state index in [2.05, 4.69) is 0 Å². The second kappa shape index (κ2) is 2.49. The Morgan fingerprint density at radius 1 is 0.667 bits per heavy atom. The summed E-state index contributed by atoms with van der Waals surface area (Å²) in [5.74, 6) is 2.34. The zero-order chi connectivity index (χ0) is 8.02. The zero-order valence-corrected chi connectivity index (χ0v) is 8.02. The van der Waals surface area contributed by atoms with Crippen molar-refractivity contribution < 1.29 is 0 Å². The molecule has 3 saturated carbocycles. The van der Waals surface area contributed by atoms with Gasteiger partial charge in [-0.15, -0.1) is 0 Å². The molecule has 68 valence electrons. The number of hydrogen-bond acceptors (Lipinski definition) is 0. The highest BCUT2D eigenvalue weighted by molar-refractivity contribution is 5.03. The summed E-state index contributed by atoms with van der Waals surface area (Å²) in [4.78, 5) is 0. The molecular weight excluding hydrogens is 144 g/mol. The standard InChI is InChI=1S/C12H20/c1-2-8-12(9-3-1)10-4-5-11(12)7-6-10/h10-11H,1-9H2. The van der Waals surface area contributed by atoms with Crippen molar-refractivity contribution in [1.29, 1.82) is 0 Å². The minimum absolute atomic E-state index is 0.901. The monoisotopic (exact) mass is 164 g/mol. The van der Waals surface area contributed by atoms with Gasteiger partial charge in [-0.3, -0.25) is 0 Å². The largest absolute Gasteiger partial charge is 0.0533 e. The highest BCUT2D eigenvalue weighted by Gasteiger charge is 2.53. The van der Waals surface area contributed by atoms with E-state index < -0.39 is 0 Å². The predicted octanol–water partition coefficient (Wildman–Crippen LogP) is 3.76. The molecule has 0 N–H and O–H groups in total. The van der Waals surface area contributed by atoms with Crippen LogP contribution in [0.4, 0.5) is 0 Å². The van der Waals surface area contributed by atoms with Crippen molar-refractivity contribution in [2.45, 2.75) is 57.8 Å². The molecule has 2 bridgehead atoms. The second-order valence-electron chi connectivity index (χ2n) is 5.34. The van der Waals surface area contributed by atoms with Crippen molar-refractivity contribution in [2.75, 3.05) is 0 Å². The molecule has 0 heterocycles. The normalized spacial score (nSPS) is 44.0. The lowest BCUT2D eigenvalue weighted by molar-refractivity contribution is 0.121. The Labute approximate surface area is 75.7 Å². The average molecular weight is 164 g/mol. The number of rotatable bonds is 0. The topological polar surface area (TPSA) is 0 Å². The van der Waals surface area contributed by atoms with Gasteiger partial charge in [-0.2, -0.15) is 0 Å². The molecule has 0 aromatic heterocycles. The first-order valence-corrected chi connectivity index (χ1v) is 5.92. The lowest BCUT2D eigenvalue weighted by Crippen LogP contribution is -2.28. The molecule has 0 aromatic carbocycles. The summed E-state index contributed by atoms with van der Waals surface area (Å²) < 4.78 is 0. The van der Waals surface area contributed by atoms with Gasteiger partial charge in [-0.05, 0) is 55.8 Å². The molecule has 0 aliphatic heterocycles. The highest BCUT2D eigenvalue weighted by atomic mass is 14.6. The summed E-state index contributed by atoms with van der Waals surface area (Å²) in [6.07, 6.45) is 14.2. The quantitative estimate of drug-likeness (QED) is 0.511. The fourth-order valence-corrected chi connectivity index (χ4v) is 4.60. The van der Waals surface area contributed by atoms with E-state index in [4.69, 9.17) is 0 Å². The molecule has 1 spiro atoms. The summed E-state index contributed by atoms with van der Waals surface area (Å²) >= 11 is 0. The van der Waals surface area contributed by atoms with Crippen LogP contribution in [-0.2, 0) is 0 Å². The maximum atomic E-state index is 1.60. The van der Waals surface area contributed by atoms with E-state index in [9.17, 15) is 0 Å². The van der Waals surface area contributed by atoms with Crippen LogP contribution < -0.4 is 0 Å². The van der Waals surface area contributed by atoms with E-state index in [1.807, 2.05) is 0 Å². The van der Waals surface area contributed by atoms with Gasteiger partial charge in [0.2, 0.25) is 0 Å². The molecule has 3 fully saturated rings. The van der Waals surface area contributed by atoms with Crippen LogP contribution in [0.3, 0.4) is 0 Å². The minimum Gasteiger partial charge on any atom is -0.0533 e. The van der Waals surface area contributed by atoms with E-state index in [-0.39, 0.29) is 0 Å². The third-order valence-corrected chi connectivity index (χ3v) is 5.14. The fourth-order valence-electron chi connectivity index (χ4n) is 4.60. The van der Waals surface area contributed by atoms with Gasteiger partial charge in [0.1, 0.15) is 0 Å². The van der Waals surface area contributed by atoms with Crippen molar-refractivity contribution in [2.24, 2.45) is 17.3 Å². The van der Waals surface area contributed by atoms with Crippen LogP contribution in [-0.4, -0.2) is 0 Å². The smallest absolute Gasteiger partial charge is 0.0241 e. The second-order valence-corrected chi connectivity index (χ2v) is 5.34. The van der Waals surface area contributed by atoms with Crippen LogP contribution in [0.2, 0.25) is 0 Å². The van der Waals surface area contributed by atoms with Crippen molar-refractivity contribution in [3.63, 3.8) is 0 Å². The van der Waals surface area contributed by atoms with E-state index >= 15 is 0 Å². The molecule has 3 rings (SSSR count). The molecule has 0 unspecified atom stereocenters. The first-order valence-electron chi connectivity index (χ1n) is 5.92. The van der Waals surface area contributed by atoms with Gasteiger partial charge in [0.05, 0.1) is 0 Å². The lowest BCUT2D eigenvalue weighted by Gasteiger charge is -2.38. The van der Waals surface area contributed by atoms with Gasteiger partial charge in [-0.1, -0.05) is 19.3 Å². The van der Waals surface area contributed by atoms with E-state index in [1.165, 1.54) is 18.3 Å². The third kappa shape index (κ3) is 0.791. The van der Waals surface area contributed by atoms with Gasteiger partial charge in [0, 0.05) is 0 Å². The van der Waals surface area contributed by atoms with Gasteiger partial charge in [-0.25, -0.2) is 0 Å². The van der Waals surface area contributed by atoms with Gasteiger partial charge in [0.15, 0.2) is 0 Å². The van der Waals surface area contributed by atoms with Crippen molar-refractivity contribution in [3.8, 4) is 0 Å². The maximum Gasteiger partial charge on any atom is -0.0241 e. The summed E-state index contributed by atoms with van der Waals surface area (Å²) in [6, 6.07) is 0. The van der Waals surface area contributed by atoms with Crippen molar-refractivity contribution in [1.82, 2.24) is 0 Å². The Hall–Kier alpha value is 0. The zero-order valence-electron chi connectivity index (χ0n) is 8.02. The Bertz CT molecular complexity index is 154. The third-order valence-electron chi connectivity index (χ3n) is 5.14. The first kappa shape index (κ1) is 7.41. The molecule has 12 heavy (non-hydrogen) atoms. The maximum absolute atomic E-state index is 1.60. The molecule has 0 aromatic rings. The molecule has 3 aliphatic carbocycles. The summed E-state index contributed by atoms with van der Waals surface area (Å²) in [5.41, 5.74) is 0.901. The van der Waals surface area contributed by atoms with E-state index in [0.29, 0.717) is 0 Å². The Morgan fingerprint density at radius 3 is 1.67 bits per heavy atom. The number of hydrogen-bond donors (Lipinski definition) is 0. The van der Waals surface area contributed by atoms with Crippen LogP contribution in [0.15, 0.2) is 0 Å². The Balaban J connectivity index is 1.88. The minimum atomic E-state index is 0.901. The van der Waals surface area contributed by atoms with Crippen LogP contribution in [0.25, 0.3) is 0 Å². The molecular formula is C12H20. The molecule has 0 atom stereocenters. The van der Waals surface area contributed by atoms with Gasteiger partial charge < -0.3 is 0 Å². The Kier molecular flexibility index (Phi) is 1.54. The highest BCUT2D eigenvalue weighted by Crippen LogP contribution is 2.63.